The molecule has 2 aliphatic rings. The molecule has 304 valence electrons. The van der Waals surface area contributed by atoms with Crippen molar-refractivity contribution in [1.82, 2.24) is 0 Å². The molecule has 5 rings (SSSR count). The third-order valence-corrected chi connectivity index (χ3v) is 11.2. The summed E-state index contributed by atoms with van der Waals surface area (Å²) in [5.74, 6) is 1.41. The van der Waals surface area contributed by atoms with Crippen LogP contribution < -0.4 is 9.47 Å². The van der Waals surface area contributed by atoms with Gasteiger partial charge in [0.1, 0.15) is 22.9 Å². The Morgan fingerprint density at radius 1 is 0.534 bits per heavy atom. The smallest absolute Gasteiger partial charge is 0.186 e. The van der Waals surface area contributed by atoms with Crippen LogP contribution in [0.25, 0.3) is 11.4 Å². The second-order valence-electron chi connectivity index (χ2n) is 18.9. The van der Waals surface area contributed by atoms with Crippen LogP contribution in [0.4, 0.5) is 11.4 Å². The zero-order valence-corrected chi connectivity index (χ0v) is 37.7. The van der Waals surface area contributed by atoms with Gasteiger partial charge in [0.2, 0.25) is 0 Å². The lowest BCUT2D eigenvalue weighted by molar-refractivity contribution is -0.114. The molecule has 9 heteroatoms. The van der Waals surface area contributed by atoms with E-state index in [-0.39, 0.29) is 11.6 Å². The molecule has 0 saturated heterocycles. The predicted octanol–water partition coefficient (Wildman–Crippen LogP) is 14.1. The molecule has 58 heavy (non-hydrogen) atoms. The number of ketones is 2. The second kappa shape index (κ2) is 16.5. The molecule has 2 aliphatic carbocycles. The normalized spacial score (nSPS) is 15.8. The van der Waals surface area contributed by atoms with Gasteiger partial charge in [-0.15, -0.1) is 21.6 Å². The lowest BCUT2D eigenvalue weighted by Crippen LogP contribution is -2.28. The Bertz CT molecular complexity index is 2310. The maximum absolute atomic E-state index is 14.1. The number of carbonyl (C=O) groups is 2. The number of methoxy groups -OCH3 is 2. The number of rotatable bonds is 8. The molecule has 0 unspecified atom stereocenters. The van der Waals surface area contributed by atoms with Gasteiger partial charge < -0.3 is 9.47 Å². The zero-order valence-electron chi connectivity index (χ0n) is 36.8. The van der Waals surface area contributed by atoms with Crippen molar-refractivity contribution in [3.8, 4) is 11.5 Å². The number of carbonyl (C=O) groups excluding carboxylic acids is 2. The van der Waals surface area contributed by atoms with Crippen molar-refractivity contribution >= 4 is 45.7 Å². The molecule has 0 aliphatic heterocycles. The standard InChI is InChI=1S/C49H58N4O4S/c1-29-22-40(41(52-50-32-18-16-20-34(27-32)56-14)30-23-36(46(2,3)4)43(54)37(24-30)47(5,6)7)58-45(29)42(53-51-33-19-17-21-35(28-33)57-15)31-25-38(48(8,9)10)44(55)39(26-31)49(11,12)13/h16-28H,1-15H3. The first-order chi connectivity index (χ1) is 26.9. The molecule has 2 aromatic carbocycles. The lowest BCUT2D eigenvalue weighted by Gasteiger charge is -2.31. The Kier molecular flexibility index (Phi) is 12.5. The van der Waals surface area contributed by atoms with Crippen LogP contribution in [0.2, 0.25) is 0 Å². The lowest BCUT2D eigenvalue weighted by atomic mass is 9.71. The summed E-state index contributed by atoms with van der Waals surface area (Å²) in [6.45, 7) is 26.8. The summed E-state index contributed by atoms with van der Waals surface area (Å²) in [5.41, 5.74) is 6.13. The highest BCUT2D eigenvalue weighted by Crippen LogP contribution is 2.46. The van der Waals surface area contributed by atoms with E-state index in [2.05, 4.69) is 89.2 Å². The minimum atomic E-state index is -0.428. The van der Waals surface area contributed by atoms with Crippen molar-refractivity contribution < 1.29 is 19.1 Å². The summed E-state index contributed by atoms with van der Waals surface area (Å²) in [6, 6.07) is 17.0. The largest absolute Gasteiger partial charge is 0.497 e. The van der Waals surface area contributed by atoms with E-state index < -0.39 is 21.7 Å². The third-order valence-electron chi connectivity index (χ3n) is 9.96. The van der Waals surface area contributed by atoms with Crippen molar-refractivity contribution in [2.75, 3.05) is 14.2 Å². The van der Waals surface area contributed by atoms with Crippen molar-refractivity contribution in [2.24, 2.45) is 42.1 Å². The monoisotopic (exact) mass is 798 g/mol. The molecule has 0 spiro atoms. The van der Waals surface area contributed by atoms with Crippen LogP contribution in [-0.4, -0.2) is 25.8 Å². The molecule has 0 amide bonds. The molecule has 1 aromatic heterocycles. The quantitative estimate of drug-likeness (QED) is 0.212. The van der Waals surface area contributed by atoms with E-state index in [1.807, 2.05) is 79.8 Å². The first-order valence-electron chi connectivity index (χ1n) is 19.6. The highest BCUT2D eigenvalue weighted by Gasteiger charge is 2.37. The number of Topliss-reactive ketones (excluding diaryl/α,β-unsaturated/α-hetero) is 2. The van der Waals surface area contributed by atoms with Gasteiger partial charge in [0.25, 0.3) is 0 Å². The van der Waals surface area contributed by atoms with Crippen molar-refractivity contribution in [3.63, 3.8) is 0 Å². The minimum absolute atomic E-state index is 0.0376. The Balaban J connectivity index is 1.87. The number of hydrogen-bond acceptors (Lipinski definition) is 9. The first-order valence-corrected chi connectivity index (χ1v) is 20.4. The Morgan fingerprint density at radius 3 is 1.26 bits per heavy atom. The summed E-state index contributed by atoms with van der Waals surface area (Å²) in [6.07, 6.45) is 7.89. The molecule has 0 radical (unpaired) electrons. The highest BCUT2D eigenvalue weighted by atomic mass is 32.1. The van der Waals surface area contributed by atoms with Gasteiger partial charge in [0.05, 0.1) is 35.3 Å². The SMILES string of the molecule is COc1cccc(N=NC(=C2C=C(C(C)(C)C)C(=O)C(C(C)(C)C)=C2)c2cc(C)c(C(N=Nc3cccc(OC)c3)=C3C=C(C(C)(C)C)C(=O)C(C(C)(C)C)=C3)s2)c1. The molecular formula is C49H58N4O4S. The number of aryl methyl sites for hydroxylation is 1. The highest BCUT2D eigenvalue weighted by molar-refractivity contribution is 7.14. The molecule has 0 fully saturated rings. The van der Waals surface area contributed by atoms with Gasteiger partial charge in [0, 0.05) is 45.6 Å². The molecule has 1 heterocycles. The molecule has 0 N–H and O–H groups in total. The number of ether oxygens (including phenoxy) is 2. The predicted molar refractivity (Wildman–Crippen MR) is 238 cm³/mol. The van der Waals surface area contributed by atoms with E-state index in [1.165, 1.54) is 11.3 Å². The fraction of sp³-hybridized carbons (Fsp3) is 0.388. The average molecular weight is 799 g/mol. The van der Waals surface area contributed by atoms with Crippen LogP contribution in [0.15, 0.2) is 133 Å². The minimum Gasteiger partial charge on any atom is -0.497 e. The van der Waals surface area contributed by atoms with Gasteiger partial charge in [-0.2, -0.15) is 10.2 Å². The maximum Gasteiger partial charge on any atom is 0.186 e. The second-order valence-corrected chi connectivity index (χ2v) is 20.0. The van der Waals surface area contributed by atoms with Gasteiger partial charge >= 0.3 is 0 Å². The van der Waals surface area contributed by atoms with Gasteiger partial charge in [-0.25, -0.2) is 0 Å². The molecule has 0 atom stereocenters. The number of nitrogens with zero attached hydrogens (tertiary/aromatic N) is 4. The van der Waals surface area contributed by atoms with Gasteiger partial charge in [0.15, 0.2) is 11.6 Å². The molecular weight excluding hydrogens is 741 g/mol. The van der Waals surface area contributed by atoms with Crippen LogP contribution in [0.3, 0.4) is 0 Å². The molecule has 0 saturated carbocycles. The van der Waals surface area contributed by atoms with E-state index in [4.69, 9.17) is 29.9 Å². The fourth-order valence-electron chi connectivity index (χ4n) is 6.64. The molecule has 8 nitrogen and oxygen atoms in total. The fourth-order valence-corrected chi connectivity index (χ4v) is 7.82. The van der Waals surface area contributed by atoms with E-state index in [9.17, 15) is 9.59 Å². The van der Waals surface area contributed by atoms with Crippen molar-refractivity contribution in [2.45, 2.75) is 90.0 Å². The number of hydrogen-bond donors (Lipinski definition) is 0. The van der Waals surface area contributed by atoms with Crippen molar-refractivity contribution in [1.29, 1.82) is 0 Å². The topological polar surface area (TPSA) is 102 Å². The van der Waals surface area contributed by atoms with E-state index in [1.54, 1.807) is 14.2 Å². The average Bonchev–Trinajstić information content (AvgIpc) is 3.51. The summed E-state index contributed by atoms with van der Waals surface area (Å²) in [7, 11) is 3.24. The van der Waals surface area contributed by atoms with Crippen LogP contribution in [0.1, 0.15) is 98.4 Å². The first kappa shape index (κ1) is 43.8. The number of allylic oxidation sites excluding steroid dienone is 10. The Hall–Kier alpha value is -5.28. The Labute approximate surface area is 349 Å². The summed E-state index contributed by atoms with van der Waals surface area (Å²) >= 11 is 1.53. The summed E-state index contributed by atoms with van der Waals surface area (Å²) in [4.78, 5) is 29.8. The number of thiophene rings is 1. The summed E-state index contributed by atoms with van der Waals surface area (Å²) < 4.78 is 11.0. The van der Waals surface area contributed by atoms with Gasteiger partial charge in [-0.05, 0) is 88.8 Å². The number of azo groups is 2. The van der Waals surface area contributed by atoms with E-state index >= 15 is 0 Å². The van der Waals surface area contributed by atoms with Crippen molar-refractivity contribution in [3.05, 3.63) is 128 Å². The van der Waals surface area contributed by atoms with Crippen LogP contribution >= 0.6 is 11.3 Å². The zero-order chi connectivity index (χ0) is 43.0. The Morgan fingerprint density at radius 2 is 0.897 bits per heavy atom. The van der Waals surface area contributed by atoms with Gasteiger partial charge in [-0.3, -0.25) is 9.59 Å². The summed E-state index contributed by atoms with van der Waals surface area (Å²) in [5, 5.41) is 19.4. The molecule has 3 aromatic rings. The van der Waals surface area contributed by atoms with Crippen LogP contribution in [-0.2, 0) is 9.59 Å². The number of benzene rings is 2. The maximum atomic E-state index is 14.1. The van der Waals surface area contributed by atoms with E-state index in [0.717, 1.165) is 26.5 Å². The third kappa shape index (κ3) is 9.87. The van der Waals surface area contributed by atoms with Gasteiger partial charge in [-0.1, -0.05) is 95.2 Å². The van der Waals surface area contributed by atoms with E-state index in [0.29, 0.717) is 56.6 Å². The molecule has 0 bridgehead atoms. The van der Waals surface area contributed by atoms with Crippen LogP contribution in [0, 0.1) is 28.6 Å². The van der Waals surface area contributed by atoms with Crippen LogP contribution in [0.5, 0.6) is 11.5 Å².